The average molecular weight is 236 g/mol. The fourth-order valence-corrected chi connectivity index (χ4v) is 2.67. The number of piperidine rings is 1. The first kappa shape index (κ1) is 12.6. The van der Waals surface area contributed by atoms with Gasteiger partial charge in [0, 0.05) is 6.07 Å². The van der Waals surface area contributed by atoms with Crippen LogP contribution in [0.15, 0.2) is 10.6 Å². The van der Waals surface area contributed by atoms with Crippen LogP contribution in [0.2, 0.25) is 0 Å². The van der Waals surface area contributed by atoms with Crippen LogP contribution in [0, 0.1) is 18.3 Å². The van der Waals surface area contributed by atoms with E-state index in [2.05, 4.69) is 30.8 Å². The Morgan fingerprint density at radius 2 is 2.00 bits per heavy atom. The summed E-state index contributed by atoms with van der Waals surface area (Å²) in [6.07, 6.45) is 2.60. The van der Waals surface area contributed by atoms with Crippen LogP contribution in [-0.2, 0) is 6.54 Å². The van der Waals surface area contributed by atoms with E-state index in [9.17, 15) is 0 Å². The number of aryl methyl sites for hydroxylation is 1. The van der Waals surface area contributed by atoms with Crippen molar-refractivity contribution in [2.24, 2.45) is 11.3 Å². The molecule has 0 aliphatic carbocycles. The van der Waals surface area contributed by atoms with E-state index in [4.69, 9.17) is 4.52 Å². The molecular weight excluding hydrogens is 212 g/mol. The van der Waals surface area contributed by atoms with Crippen LogP contribution < -0.4 is 0 Å². The van der Waals surface area contributed by atoms with Crippen LogP contribution >= 0.6 is 0 Å². The summed E-state index contributed by atoms with van der Waals surface area (Å²) in [7, 11) is 0. The van der Waals surface area contributed by atoms with Gasteiger partial charge in [0.1, 0.15) is 0 Å². The van der Waals surface area contributed by atoms with E-state index >= 15 is 0 Å². The Hall–Kier alpha value is -0.830. The standard InChI is InChI=1S/C14H24N2O/c1-11-9-13(17-15-11)10-16-7-5-12(6-8-16)14(2,3)4/h9,12H,5-8,10H2,1-4H3. The lowest BCUT2D eigenvalue weighted by atomic mass is 9.75. The SMILES string of the molecule is Cc1cc(CN2CCC(C(C)(C)C)CC2)on1. The second kappa shape index (κ2) is 4.81. The minimum Gasteiger partial charge on any atom is -0.360 e. The van der Waals surface area contributed by atoms with Gasteiger partial charge in [0.25, 0.3) is 0 Å². The molecule has 0 amide bonds. The molecule has 0 N–H and O–H groups in total. The quantitative estimate of drug-likeness (QED) is 0.789. The topological polar surface area (TPSA) is 29.3 Å². The molecule has 0 unspecified atom stereocenters. The lowest BCUT2D eigenvalue weighted by molar-refractivity contribution is 0.101. The van der Waals surface area contributed by atoms with Gasteiger partial charge in [-0.2, -0.15) is 0 Å². The Morgan fingerprint density at radius 1 is 1.35 bits per heavy atom. The maximum Gasteiger partial charge on any atom is 0.150 e. The van der Waals surface area contributed by atoms with Gasteiger partial charge in [-0.3, -0.25) is 4.90 Å². The molecule has 1 fully saturated rings. The Labute approximate surface area is 104 Å². The number of hydrogen-bond acceptors (Lipinski definition) is 3. The van der Waals surface area contributed by atoms with E-state index in [0.717, 1.165) is 23.9 Å². The first-order chi connectivity index (χ1) is 7.95. The summed E-state index contributed by atoms with van der Waals surface area (Å²) in [5, 5.41) is 3.93. The highest BCUT2D eigenvalue weighted by molar-refractivity contribution is 5.03. The third-order valence-corrected chi connectivity index (χ3v) is 3.87. The fraction of sp³-hybridized carbons (Fsp3) is 0.786. The molecule has 2 rings (SSSR count). The molecule has 0 atom stereocenters. The van der Waals surface area contributed by atoms with Crippen molar-refractivity contribution >= 4 is 0 Å². The third-order valence-electron chi connectivity index (χ3n) is 3.87. The van der Waals surface area contributed by atoms with Crippen molar-refractivity contribution in [2.45, 2.75) is 47.1 Å². The third kappa shape index (κ3) is 3.32. The molecule has 2 heterocycles. The van der Waals surface area contributed by atoms with Crippen LogP contribution in [0.5, 0.6) is 0 Å². The van der Waals surface area contributed by atoms with E-state index in [0.29, 0.717) is 5.41 Å². The first-order valence-corrected chi connectivity index (χ1v) is 6.60. The van der Waals surface area contributed by atoms with Crippen LogP contribution in [0.4, 0.5) is 0 Å². The second-order valence-corrected chi connectivity index (χ2v) is 6.35. The normalized spacial score (nSPS) is 19.8. The zero-order valence-corrected chi connectivity index (χ0v) is 11.5. The minimum absolute atomic E-state index is 0.453. The molecule has 0 radical (unpaired) electrons. The largest absolute Gasteiger partial charge is 0.360 e. The number of hydrogen-bond donors (Lipinski definition) is 0. The summed E-state index contributed by atoms with van der Waals surface area (Å²) in [5.41, 5.74) is 1.43. The molecule has 96 valence electrons. The van der Waals surface area contributed by atoms with Gasteiger partial charge in [0.05, 0.1) is 12.2 Å². The highest BCUT2D eigenvalue weighted by Gasteiger charge is 2.28. The van der Waals surface area contributed by atoms with Gasteiger partial charge in [-0.1, -0.05) is 25.9 Å². The van der Waals surface area contributed by atoms with Crippen LogP contribution in [0.25, 0.3) is 0 Å². The maximum atomic E-state index is 5.27. The van der Waals surface area contributed by atoms with Gasteiger partial charge in [-0.25, -0.2) is 0 Å². The Bertz CT molecular complexity index is 357. The average Bonchev–Trinajstić information content (AvgIpc) is 2.63. The molecule has 1 saturated heterocycles. The van der Waals surface area contributed by atoms with Gasteiger partial charge in [0.2, 0.25) is 0 Å². The summed E-state index contributed by atoms with van der Waals surface area (Å²) >= 11 is 0. The summed E-state index contributed by atoms with van der Waals surface area (Å²) in [4.78, 5) is 2.47. The first-order valence-electron chi connectivity index (χ1n) is 6.60. The number of aromatic nitrogens is 1. The van der Waals surface area contributed by atoms with Crippen molar-refractivity contribution in [3.05, 3.63) is 17.5 Å². The summed E-state index contributed by atoms with van der Waals surface area (Å²) in [6.45, 7) is 12.3. The molecule has 3 heteroatoms. The zero-order valence-electron chi connectivity index (χ0n) is 11.5. The summed E-state index contributed by atoms with van der Waals surface area (Å²) in [6, 6.07) is 2.04. The molecule has 0 saturated carbocycles. The van der Waals surface area contributed by atoms with E-state index in [1.807, 2.05) is 13.0 Å². The molecule has 1 aliphatic rings. The smallest absolute Gasteiger partial charge is 0.150 e. The lowest BCUT2D eigenvalue weighted by Gasteiger charge is -2.38. The second-order valence-electron chi connectivity index (χ2n) is 6.35. The lowest BCUT2D eigenvalue weighted by Crippen LogP contribution is -2.37. The molecule has 1 aromatic rings. The van der Waals surface area contributed by atoms with Crippen molar-refractivity contribution in [3.63, 3.8) is 0 Å². The van der Waals surface area contributed by atoms with Gasteiger partial charge < -0.3 is 4.52 Å². The van der Waals surface area contributed by atoms with Gasteiger partial charge >= 0.3 is 0 Å². The monoisotopic (exact) mass is 236 g/mol. The molecule has 3 nitrogen and oxygen atoms in total. The number of nitrogens with zero attached hydrogens (tertiary/aromatic N) is 2. The Morgan fingerprint density at radius 3 is 2.47 bits per heavy atom. The van der Waals surface area contributed by atoms with E-state index in [-0.39, 0.29) is 0 Å². The number of likely N-dealkylation sites (tertiary alicyclic amines) is 1. The molecule has 0 bridgehead atoms. The van der Waals surface area contributed by atoms with Gasteiger partial charge in [-0.15, -0.1) is 0 Å². The predicted octanol–water partition coefficient (Wildman–Crippen LogP) is 3.24. The molecule has 0 aromatic carbocycles. The fourth-order valence-electron chi connectivity index (χ4n) is 2.67. The van der Waals surface area contributed by atoms with Crippen molar-refractivity contribution < 1.29 is 4.52 Å². The zero-order chi connectivity index (χ0) is 12.5. The highest BCUT2D eigenvalue weighted by atomic mass is 16.5. The van der Waals surface area contributed by atoms with E-state index in [1.54, 1.807) is 0 Å². The molecular formula is C14H24N2O. The maximum absolute atomic E-state index is 5.27. The minimum atomic E-state index is 0.453. The molecule has 1 aromatic heterocycles. The molecule has 0 spiro atoms. The van der Waals surface area contributed by atoms with Crippen molar-refractivity contribution in [1.82, 2.24) is 10.1 Å². The van der Waals surface area contributed by atoms with E-state index in [1.165, 1.54) is 25.9 Å². The van der Waals surface area contributed by atoms with Gasteiger partial charge in [-0.05, 0) is 44.2 Å². The predicted molar refractivity (Wildman–Crippen MR) is 68.7 cm³/mol. The summed E-state index contributed by atoms with van der Waals surface area (Å²) < 4.78 is 5.27. The Kier molecular flexibility index (Phi) is 3.57. The van der Waals surface area contributed by atoms with Gasteiger partial charge in [0.15, 0.2) is 5.76 Å². The Balaban J connectivity index is 1.83. The highest BCUT2D eigenvalue weighted by Crippen LogP contribution is 2.34. The number of rotatable bonds is 2. The molecule has 17 heavy (non-hydrogen) atoms. The van der Waals surface area contributed by atoms with E-state index < -0.39 is 0 Å². The van der Waals surface area contributed by atoms with Crippen molar-refractivity contribution in [2.75, 3.05) is 13.1 Å². The van der Waals surface area contributed by atoms with Crippen molar-refractivity contribution in [3.8, 4) is 0 Å². The summed E-state index contributed by atoms with van der Waals surface area (Å²) in [5.74, 6) is 1.85. The van der Waals surface area contributed by atoms with Crippen LogP contribution in [-0.4, -0.2) is 23.1 Å². The van der Waals surface area contributed by atoms with Crippen molar-refractivity contribution in [1.29, 1.82) is 0 Å². The van der Waals surface area contributed by atoms with Crippen LogP contribution in [0.1, 0.15) is 45.1 Å². The molecule has 1 aliphatic heterocycles. The van der Waals surface area contributed by atoms with Crippen LogP contribution in [0.3, 0.4) is 0 Å².